The lowest BCUT2D eigenvalue weighted by atomic mass is 9.69. The highest BCUT2D eigenvalue weighted by Crippen LogP contribution is 2.44. The molecule has 0 unspecified atom stereocenters. The molecule has 0 spiro atoms. The monoisotopic (exact) mass is 208 g/mol. The molecule has 1 rings (SSSR count). The van der Waals surface area contributed by atoms with Gasteiger partial charge < -0.3 is 5.32 Å². The molecule has 1 saturated carbocycles. The maximum absolute atomic E-state index is 8.96. The Kier molecular flexibility index (Phi) is 3.16. The second-order valence-corrected chi connectivity index (χ2v) is 6.63. The van der Waals surface area contributed by atoms with Crippen molar-refractivity contribution in [1.82, 2.24) is 5.32 Å². The summed E-state index contributed by atoms with van der Waals surface area (Å²) < 4.78 is 0. The minimum atomic E-state index is -0.0199. The minimum Gasteiger partial charge on any atom is -0.315 e. The van der Waals surface area contributed by atoms with Crippen LogP contribution in [0.2, 0.25) is 0 Å². The first-order chi connectivity index (χ1) is 6.72. The maximum atomic E-state index is 8.96. The number of nitrogens with zero attached hydrogens (tertiary/aromatic N) is 1. The van der Waals surface area contributed by atoms with Gasteiger partial charge in [0, 0.05) is 13.1 Å². The predicted octanol–water partition coefficient (Wildman–Crippen LogP) is 2.95. The average Bonchev–Trinajstić information content (AvgIpc) is 2.83. The molecule has 0 bridgehead atoms. The molecule has 1 N–H and O–H groups in total. The van der Waals surface area contributed by atoms with Crippen LogP contribution in [-0.2, 0) is 0 Å². The van der Waals surface area contributed by atoms with Crippen molar-refractivity contribution in [2.45, 2.75) is 47.5 Å². The third-order valence-electron chi connectivity index (χ3n) is 4.15. The molecule has 0 aromatic heterocycles. The Morgan fingerprint density at radius 1 is 1.20 bits per heavy atom. The average molecular weight is 208 g/mol. The quantitative estimate of drug-likeness (QED) is 0.771. The maximum Gasteiger partial charge on any atom is 0.0703 e. The van der Waals surface area contributed by atoms with Gasteiger partial charge in [-0.2, -0.15) is 5.26 Å². The molecule has 0 amide bonds. The molecule has 1 aliphatic rings. The van der Waals surface area contributed by atoms with E-state index in [0.717, 1.165) is 25.9 Å². The Hall–Kier alpha value is -0.550. The molecule has 0 aromatic rings. The Morgan fingerprint density at radius 3 is 2.07 bits per heavy atom. The fraction of sp³-hybridized carbons (Fsp3) is 0.923. The van der Waals surface area contributed by atoms with Crippen molar-refractivity contribution in [3.05, 3.63) is 0 Å². The summed E-state index contributed by atoms with van der Waals surface area (Å²) in [6.45, 7) is 13.2. The largest absolute Gasteiger partial charge is 0.315 e. The molecule has 0 heterocycles. The summed E-state index contributed by atoms with van der Waals surface area (Å²) in [5.41, 5.74) is 0.538. The summed E-state index contributed by atoms with van der Waals surface area (Å²) in [7, 11) is 0. The number of hydrogen-bond acceptors (Lipinski definition) is 2. The second kappa shape index (κ2) is 3.79. The lowest BCUT2D eigenvalue weighted by Gasteiger charge is -2.39. The molecular weight excluding hydrogens is 184 g/mol. The molecule has 1 aliphatic carbocycles. The van der Waals surface area contributed by atoms with Gasteiger partial charge in [0.15, 0.2) is 0 Å². The van der Waals surface area contributed by atoms with E-state index >= 15 is 0 Å². The number of nitriles is 1. The molecule has 0 aromatic carbocycles. The van der Waals surface area contributed by atoms with Crippen LogP contribution in [0.15, 0.2) is 0 Å². The Morgan fingerprint density at radius 2 is 1.73 bits per heavy atom. The van der Waals surface area contributed by atoms with E-state index < -0.39 is 0 Å². The van der Waals surface area contributed by atoms with Crippen molar-refractivity contribution >= 4 is 0 Å². The standard InChI is InChI=1S/C13H24N2/c1-11(2,3)12(4,5)9-15-10-13(8-14)6-7-13/h15H,6-7,9-10H2,1-5H3. The van der Waals surface area contributed by atoms with Gasteiger partial charge in [0.05, 0.1) is 11.5 Å². The molecule has 2 nitrogen and oxygen atoms in total. The van der Waals surface area contributed by atoms with Crippen LogP contribution >= 0.6 is 0 Å². The third kappa shape index (κ3) is 2.95. The second-order valence-electron chi connectivity index (χ2n) is 6.63. The first-order valence-corrected chi connectivity index (χ1v) is 5.84. The van der Waals surface area contributed by atoms with Gasteiger partial charge in [-0.05, 0) is 23.7 Å². The normalized spacial score (nSPS) is 19.7. The molecule has 2 heteroatoms. The highest BCUT2D eigenvalue weighted by Gasteiger charge is 2.43. The van der Waals surface area contributed by atoms with E-state index in [4.69, 9.17) is 5.26 Å². The van der Waals surface area contributed by atoms with Crippen molar-refractivity contribution in [3.8, 4) is 6.07 Å². The summed E-state index contributed by atoms with van der Waals surface area (Å²) in [4.78, 5) is 0. The Balaban J connectivity index is 2.35. The topological polar surface area (TPSA) is 35.8 Å². The highest BCUT2D eigenvalue weighted by atomic mass is 14.9. The highest BCUT2D eigenvalue weighted by molar-refractivity contribution is 5.11. The van der Waals surface area contributed by atoms with Crippen molar-refractivity contribution < 1.29 is 0 Å². The molecule has 0 atom stereocenters. The van der Waals surface area contributed by atoms with E-state index in [1.54, 1.807) is 0 Å². The number of rotatable bonds is 4. The summed E-state index contributed by atoms with van der Waals surface area (Å²) in [5.74, 6) is 0. The first kappa shape index (κ1) is 12.5. The van der Waals surface area contributed by atoms with Crippen LogP contribution < -0.4 is 5.32 Å². The van der Waals surface area contributed by atoms with E-state index in [9.17, 15) is 0 Å². The van der Waals surface area contributed by atoms with Crippen molar-refractivity contribution in [2.24, 2.45) is 16.2 Å². The number of hydrogen-bond donors (Lipinski definition) is 1. The van der Waals surface area contributed by atoms with Crippen LogP contribution in [-0.4, -0.2) is 13.1 Å². The Bertz CT molecular complexity index is 261. The summed E-state index contributed by atoms with van der Waals surface area (Å²) in [6.07, 6.45) is 2.15. The first-order valence-electron chi connectivity index (χ1n) is 5.84. The van der Waals surface area contributed by atoms with Gasteiger partial charge in [0.25, 0.3) is 0 Å². The molecule has 86 valence electrons. The summed E-state index contributed by atoms with van der Waals surface area (Å²) in [6, 6.07) is 2.41. The third-order valence-corrected chi connectivity index (χ3v) is 4.15. The fourth-order valence-electron chi connectivity index (χ4n) is 1.36. The van der Waals surface area contributed by atoms with Gasteiger partial charge in [0.2, 0.25) is 0 Å². The predicted molar refractivity (Wildman–Crippen MR) is 63.4 cm³/mol. The lowest BCUT2D eigenvalue weighted by Crippen LogP contribution is -2.41. The van der Waals surface area contributed by atoms with Crippen LogP contribution in [0.1, 0.15) is 47.5 Å². The van der Waals surface area contributed by atoms with Gasteiger partial charge in [0.1, 0.15) is 0 Å². The van der Waals surface area contributed by atoms with Gasteiger partial charge in [-0.1, -0.05) is 34.6 Å². The zero-order valence-electron chi connectivity index (χ0n) is 10.8. The van der Waals surface area contributed by atoms with Crippen molar-refractivity contribution in [1.29, 1.82) is 5.26 Å². The van der Waals surface area contributed by atoms with Gasteiger partial charge >= 0.3 is 0 Å². The van der Waals surface area contributed by atoms with Gasteiger partial charge in [-0.15, -0.1) is 0 Å². The van der Waals surface area contributed by atoms with Crippen LogP contribution in [0.3, 0.4) is 0 Å². The molecule has 0 aliphatic heterocycles. The van der Waals surface area contributed by atoms with E-state index in [1.165, 1.54) is 0 Å². The van der Waals surface area contributed by atoms with Gasteiger partial charge in [-0.3, -0.25) is 0 Å². The smallest absolute Gasteiger partial charge is 0.0703 e. The van der Waals surface area contributed by atoms with E-state index in [1.807, 2.05) is 0 Å². The Labute approximate surface area is 94.1 Å². The van der Waals surface area contributed by atoms with Crippen LogP contribution in [0, 0.1) is 27.6 Å². The van der Waals surface area contributed by atoms with E-state index in [2.05, 4.69) is 46.0 Å². The zero-order chi connectivity index (χ0) is 11.7. The van der Waals surface area contributed by atoms with E-state index in [0.29, 0.717) is 5.41 Å². The lowest BCUT2D eigenvalue weighted by molar-refractivity contribution is 0.128. The number of nitrogens with one attached hydrogen (secondary N) is 1. The van der Waals surface area contributed by atoms with Crippen molar-refractivity contribution in [2.75, 3.05) is 13.1 Å². The summed E-state index contributed by atoms with van der Waals surface area (Å²) >= 11 is 0. The molecular formula is C13H24N2. The zero-order valence-corrected chi connectivity index (χ0v) is 10.8. The van der Waals surface area contributed by atoms with Crippen LogP contribution in [0.25, 0.3) is 0 Å². The van der Waals surface area contributed by atoms with E-state index in [-0.39, 0.29) is 10.8 Å². The van der Waals surface area contributed by atoms with Crippen molar-refractivity contribution in [3.63, 3.8) is 0 Å². The fourth-order valence-corrected chi connectivity index (χ4v) is 1.36. The molecule has 0 saturated heterocycles. The van der Waals surface area contributed by atoms with Crippen LogP contribution in [0.5, 0.6) is 0 Å². The molecule has 1 fully saturated rings. The SMILES string of the molecule is CC(C)(C)C(C)(C)CNCC1(C#N)CC1. The molecule has 15 heavy (non-hydrogen) atoms. The summed E-state index contributed by atoms with van der Waals surface area (Å²) in [5, 5.41) is 12.4. The molecule has 0 radical (unpaired) electrons. The van der Waals surface area contributed by atoms with Crippen LogP contribution in [0.4, 0.5) is 0 Å². The van der Waals surface area contributed by atoms with Gasteiger partial charge in [-0.25, -0.2) is 0 Å². The minimum absolute atomic E-state index is 0.0199.